The van der Waals surface area contributed by atoms with Crippen LogP contribution in [0.1, 0.15) is 44.7 Å². The molecule has 1 aliphatic rings. The van der Waals surface area contributed by atoms with Gasteiger partial charge in [-0.3, -0.25) is 10.1 Å². The predicted octanol–water partition coefficient (Wildman–Crippen LogP) is 4.67. The molecule has 0 bridgehead atoms. The van der Waals surface area contributed by atoms with E-state index in [1.54, 1.807) is 0 Å². The van der Waals surface area contributed by atoms with Crippen molar-refractivity contribution in [2.45, 2.75) is 40.5 Å². The highest BCUT2D eigenvalue weighted by molar-refractivity contribution is 8.13. The van der Waals surface area contributed by atoms with Crippen LogP contribution in [0.5, 0.6) is 0 Å². The molecule has 0 fully saturated rings. The lowest BCUT2D eigenvalue weighted by atomic mass is 9.94. The van der Waals surface area contributed by atoms with Gasteiger partial charge in [0.2, 0.25) is 0 Å². The summed E-state index contributed by atoms with van der Waals surface area (Å²) < 4.78 is 0. The van der Waals surface area contributed by atoms with E-state index in [4.69, 9.17) is 5.73 Å². The molecule has 1 amide bonds. The number of carbonyl (C=O) groups excluding carboxylic acids is 1. The third-order valence-electron chi connectivity index (χ3n) is 3.58. The summed E-state index contributed by atoms with van der Waals surface area (Å²) in [5, 5.41) is 3.36. The van der Waals surface area contributed by atoms with E-state index in [0.717, 1.165) is 40.4 Å². The first-order valence-corrected chi connectivity index (χ1v) is 9.70. The number of nitrogens with zero attached hydrogens (tertiary/aromatic N) is 2. The van der Waals surface area contributed by atoms with Gasteiger partial charge in [0.1, 0.15) is 5.84 Å². The van der Waals surface area contributed by atoms with Crippen LogP contribution in [0.25, 0.3) is 5.70 Å². The zero-order valence-electron chi connectivity index (χ0n) is 14.6. The molecule has 1 aliphatic carbocycles. The number of carbonyl (C=O) groups is 1. The van der Waals surface area contributed by atoms with Gasteiger partial charge in [-0.2, -0.15) is 0 Å². The second kappa shape index (κ2) is 7.53. The minimum absolute atomic E-state index is 0.0872. The van der Waals surface area contributed by atoms with Crippen LogP contribution >= 0.6 is 23.1 Å². The maximum Gasteiger partial charge on any atom is 0.285 e. The molecule has 2 rings (SSSR count). The lowest BCUT2D eigenvalue weighted by molar-refractivity contribution is 0.270. The zero-order chi connectivity index (χ0) is 17.9. The van der Waals surface area contributed by atoms with Gasteiger partial charge in [-0.15, -0.1) is 0 Å². The number of amides is 1. The fourth-order valence-corrected chi connectivity index (χ4v) is 3.67. The second-order valence-electron chi connectivity index (χ2n) is 6.47. The Bertz CT molecular complexity index is 711. The van der Waals surface area contributed by atoms with Crippen molar-refractivity contribution in [3.05, 3.63) is 28.8 Å². The molecule has 0 spiro atoms. The Morgan fingerprint density at radius 3 is 2.79 bits per heavy atom. The van der Waals surface area contributed by atoms with Crippen LogP contribution < -0.4 is 11.1 Å². The number of rotatable bonds is 4. The standard InChI is InChI=1S/C17H24N4OS2/c1-6-10-8-9-11-13(12(10)20-14(18)17(3,4)5)24-15(19-11)21-16(22)23-7-2/h6H,1,7-9H2,2-5H3,(H2,18,20)(H,19,21,22). The van der Waals surface area contributed by atoms with Crippen LogP contribution in [0.2, 0.25) is 0 Å². The third-order valence-corrected chi connectivity index (χ3v) is 5.25. The lowest BCUT2D eigenvalue weighted by Crippen LogP contribution is -2.29. The molecule has 130 valence electrons. The van der Waals surface area contributed by atoms with Crippen molar-refractivity contribution in [3.63, 3.8) is 0 Å². The molecule has 0 unspecified atom stereocenters. The Balaban J connectivity index is 2.41. The number of nitrogens with one attached hydrogen (secondary N) is 1. The summed E-state index contributed by atoms with van der Waals surface area (Å²) in [6, 6.07) is 0. The van der Waals surface area contributed by atoms with Crippen molar-refractivity contribution in [1.82, 2.24) is 4.98 Å². The maximum atomic E-state index is 11.8. The van der Waals surface area contributed by atoms with E-state index in [1.165, 1.54) is 23.1 Å². The summed E-state index contributed by atoms with van der Waals surface area (Å²) in [5.41, 5.74) is 8.83. The molecular formula is C17H24N4OS2. The Morgan fingerprint density at radius 2 is 2.21 bits per heavy atom. The second-order valence-corrected chi connectivity index (χ2v) is 8.70. The largest absolute Gasteiger partial charge is 0.387 e. The lowest BCUT2D eigenvalue weighted by Gasteiger charge is -2.20. The predicted molar refractivity (Wildman–Crippen MR) is 106 cm³/mol. The van der Waals surface area contributed by atoms with Crippen LogP contribution in [0.15, 0.2) is 23.2 Å². The van der Waals surface area contributed by atoms with Crippen LogP contribution in [0.3, 0.4) is 0 Å². The van der Waals surface area contributed by atoms with Gasteiger partial charge in [0.25, 0.3) is 5.24 Å². The van der Waals surface area contributed by atoms with Gasteiger partial charge in [-0.25, -0.2) is 9.98 Å². The Morgan fingerprint density at radius 1 is 1.50 bits per heavy atom. The number of fused-ring (bicyclic) bond motifs is 1. The van der Waals surface area contributed by atoms with Gasteiger partial charge in [-0.05, 0) is 24.2 Å². The van der Waals surface area contributed by atoms with E-state index < -0.39 is 0 Å². The number of anilines is 1. The van der Waals surface area contributed by atoms with Gasteiger partial charge in [0.15, 0.2) is 5.13 Å². The van der Waals surface area contributed by atoms with E-state index in [0.29, 0.717) is 11.0 Å². The fraction of sp³-hybridized carbons (Fsp3) is 0.471. The smallest absolute Gasteiger partial charge is 0.285 e. The number of aromatic nitrogens is 1. The van der Waals surface area contributed by atoms with Crippen LogP contribution in [0.4, 0.5) is 9.93 Å². The van der Waals surface area contributed by atoms with E-state index in [1.807, 2.05) is 33.8 Å². The fourth-order valence-electron chi connectivity index (χ4n) is 2.14. The van der Waals surface area contributed by atoms with Crippen molar-refractivity contribution >= 4 is 45.0 Å². The Kier molecular flexibility index (Phi) is 5.87. The highest BCUT2D eigenvalue weighted by atomic mass is 32.2. The topological polar surface area (TPSA) is 80.4 Å². The first-order chi connectivity index (χ1) is 11.3. The molecule has 1 aromatic rings. The van der Waals surface area contributed by atoms with Gasteiger partial charge in [0, 0.05) is 5.41 Å². The minimum atomic E-state index is -0.212. The summed E-state index contributed by atoms with van der Waals surface area (Å²) in [6.45, 7) is 11.9. The minimum Gasteiger partial charge on any atom is -0.387 e. The van der Waals surface area contributed by atoms with Crippen molar-refractivity contribution in [2.75, 3.05) is 11.1 Å². The highest BCUT2D eigenvalue weighted by Gasteiger charge is 2.25. The van der Waals surface area contributed by atoms with E-state index in [9.17, 15) is 4.79 Å². The van der Waals surface area contributed by atoms with E-state index in [-0.39, 0.29) is 10.7 Å². The Hall–Kier alpha value is -1.60. The summed E-state index contributed by atoms with van der Waals surface area (Å²) in [6.07, 6.45) is 3.48. The molecule has 1 heterocycles. The first-order valence-electron chi connectivity index (χ1n) is 7.90. The van der Waals surface area contributed by atoms with Crippen molar-refractivity contribution < 1.29 is 4.79 Å². The summed E-state index contributed by atoms with van der Waals surface area (Å²) in [7, 11) is 0. The molecule has 24 heavy (non-hydrogen) atoms. The average molecular weight is 365 g/mol. The molecule has 3 N–H and O–H groups in total. The number of nitrogens with two attached hydrogens (primary N) is 1. The molecule has 0 saturated carbocycles. The van der Waals surface area contributed by atoms with Crippen molar-refractivity contribution in [2.24, 2.45) is 16.1 Å². The maximum absolute atomic E-state index is 11.8. The zero-order valence-corrected chi connectivity index (χ0v) is 16.2. The van der Waals surface area contributed by atoms with Crippen LogP contribution in [-0.4, -0.2) is 21.8 Å². The SMILES string of the molecule is C=CC1=C(/N=C(\N)C(C)(C)C)c2sc(NC(=O)SCC)nc2CC1. The molecule has 7 heteroatoms. The van der Waals surface area contributed by atoms with Crippen molar-refractivity contribution in [1.29, 1.82) is 0 Å². The van der Waals surface area contributed by atoms with Crippen LogP contribution in [0, 0.1) is 5.41 Å². The molecule has 0 atom stereocenters. The molecule has 0 aliphatic heterocycles. The number of aliphatic imine (C=N–C) groups is 1. The molecule has 0 radical (unpaired) electrons. The first kappa shape index (κ1) is 18.7. The van der Waals surface area contributed by atoms with E-state index >= 15 is 0 Å². The molecule has 0 aromatic carbocycles. The number of amidine groups is 1. The van der Waals surface area contributed by atoms with Gasteiger partial charge in [-0.1, -0.05) is 63.4 Å². The quantitative estimate of drug-likeness (QED) is 0.601. The highest BCUT2D eigenvalue weighted by Crippen LogP contribution is 2.39. The van der Waals surface area contributed by atoms with Gasteiger partial charge >= 0.3 is 0 Å². The van der Waals surface area contributed by atoms with Gasteiger partial charge in [0.05, 0.1) is 16.3 Å². The number of thiazole rings is 1. The number of hydrogen-bond acceptors (Lipinski definition) is 5. The summed E-state index contributed by atoms with van der Waals surface area (Å²) in [4.78, 5) is 22.0. The Labute approximate surface area is 151 Å². The number of thioether (sulfide) groups is 1. The molecule has 5 nitrogen and oxygen atoms in total. The summed E-state index contributed by atoms with van der Waals surface area (Å²) >= 11 is 2.68. The van der Waals surface area contributed by atoms with Gasteiger partial charge < -0.3 is 5.73 Å². The molecule has 1 aromatic heterocycles. The molecule has 0 saturated heterocycles. The number of allylic oxidation sites excluding steroid dienone is 2. The van der Waals surface area contributed by atoms with Crippen LogP contribution in [-0.2, 0) is 6.42 Å². The van der Waals surface area contributed by atoms with Crippen molar-refractivity contribution in [3.8, 4) is 0 Å². The number of hydrogen-bond donors (Lipinski definition) is 2. The third kappa shape index (κ3) is 4.27. The average Bonchev–Trinajstić information content (AvgIpc) is 2.89. The monoisotopic (exact) mass is 364 g/mol. The summed E-state index contributed by atoms with van der Waals surface area (Å²) in [5.74, 6) is 1.31. The number of aryl methyl sites for hydroxylation is 1. The molecular weight excluding hydrogens is 340 g/mol. The normalized spacial score (nSPS) is 15.2. The van der Waals surface area contributed by atoms with E-state index in [2.05, 4.69) is 21.9 Å².